The van der Waals surface area contributed by atoms with E-state index in [2.05, 4.69) is 10.4 Å². The van der Waals surface area contributed by atoms with Crippen molar-refractivity contribution in [1.82, 2.24) is 15.2 Å². The molecule has 7 nitrogen and oxygen atoms in total. The van der Waals surface area contributed by atoms with Crippen molar-refractivity contribution in [2.45, 2.75) is 25.1 Å². The van der Waals surface area contributed by atoms with Crippen LogP contribution in [0.3, 0.4) is 0 Å². The van der Waals surface area contributed by atoms with Crippen LogP contribution in [0.2, 0.25) is 0 Å². The van der Waals surface area contributed by atoms with Gasteiger partial charge in [-0.05, 0) is 44.8 Å². The molecule has 1 aliphatic rings. The zero-order chi connectivity index (χ0) is 17.7. The molecule has 1 aliphatic heterocycles. The van der Waals surface area contributed by atoms with Gasteiger partial charge in [-0.1, -0.05) is 11.8 Å². The largest absolute Gasteiger partial charge is 0.465 e. The van der Waals surface area contributed by atoms with Gasteiger partial charge in [-0.2, -0.15) is 0 Å². The van der Waals surface area contributed by atoms with E-state index in [4.69, 9.17) is 4.42 Å². The summed E-state index contributed by atoms with van der Waals surface area (Å²) in [5.41, 5.74) is 0. The van der Waals surface area contributed by atoms with Gasteiger partial charge in [0.1, 0.15) is 10.6 Å². The first-order valence-electron chi connectivity index (χ1n) is 7.56. The number of nitrogens with one attached hydrogen (secondary N) is 1. The summed E-state index contributed by atoms with van der Waals surface area (Å²) in [5.74, 6) is 0.283. The number of amides is 2. The van der Waals surface area contributed by atoms with Gasteiger partial charge < -0.3 is 14.6 Å². The summed E-state index contributed by atoms with van der Waals surface area (Å²) < 4.78 is 5.33. The third-order valence-corrected chi connectivity index (χ3v) is 4.62. The van der Waals surface area contributed by atoms with Crippen molar-refractivity contribution in [2.75, 3.05) is 20.6 Å². The maximum Gasteiger partial charge on any atom is 0.241 e. The first kappa shape index (κ1) is 18.3. The molecule has 0 spiro atoms. The van der Waals surface area contributed by atoms with Crippen molar-refractivity contribution in [3.8, 4) is 0 Å². The predicted octanol–water partition coefficient (Wildman–Crippen LogP) is 1.94. The highest BCUT2D eigenvalue weighted by Crippen LogP contribution is 2.41. The highest BCUT2D eigenvalue weighted by molar-refractivity contribution is 8.15. The van der Waals surface area contributed by atoms with Crippen LogP contribution in [0.5, 0.6) is 0 Å². The molecular formula is C16H22N4O3S. The Balaban J connectivity index is 2.32. The van der Waals surface area contributed by atoms with E-state index in [0.29, 0.717) is 17.3 Å². The molecule has 2 amide bonds. The highest BCUT2D eigenvalue weighted by atomic mass is 32.2. The predicted molar refractivity (Wildman–Crippen MR) is 95.0 cm³/mol. The van der Waals surface area contributed by atoms with Crippen LogP contribution in [0, 0.1) is 0 Å². The summed E-state index contributed by atoms with van der Waals surface area (Å²) in [6.07, 6.45) is 5.97. The lowest BCUT2D eigenvalue weighted by atomic mass is 10.1. The molecular weight excluding hydrogens is 328 g/mol. The first-order valence-corrected chi connectivity index (χ1v) is 8.37. The monoisotopic (exact) mass is 350 g/mol. The number of rotatable bonds is 5. The lowest BCUT2D eigenvalue weighted by molar-refractivity contribution is -0.131. The molecule has 130 valence electrons. The Morgan fingerprint density at radius 1 is 1.46 bits per heavy atom. The minimum Gasteiger partial charge on any atom is -0.465 e. The topological polar surface area (TPSA) is 78.1 Å². The van der Waals surface area contributed by atoms with Crippen LogP contribution in [0.4, 0.5) is 0 Å². The van der Waals surface area contributed by atoms with Gasteiger partial charge in [0.25, 0.3) is 0 Å². The van der Waals surface area contributed by atoms with Crippen LogP contribution in [0.25, 0.3) is 6.08 Å². The van der Waals surface area contributed by atoms with Gasteiger partial charge in [-0.15, -0.1) is 5.10 Å². The fraction of sp³-hybridized carbons (Fsp3) is 0.438. The summed E-state index contributed by atoms with van der Waals surface area (Å²) in [7, 11) is 3.94. The Labute approximate surface area is 145 Å². The second-order valence-corrected chi connectivity index (χ2v) is 7.06. The Morgan fingerprint density at radius 2 is 2.21 bits per heavy atom. The minimum atomic E-state index is -0.708. The van der Waals surface area contributed by atoms with Crippen molar-refractivity contribution < 1.29 is 14.0 Å². The van der Waals surface area contributed by atoms with Crippen molar-refractivity contribution in [1.29, 1.82) is 0 Å². The van der Waals surface area contributed by atoms with Crippen LogP contribution in [0.15, 0.2) is 34.0 Å². The van der Waals surface area contributed by atoms with Gasteiger partial charge in [-0.3, -0.25) is 9.59 Å². The van der Waals surface area contributed by atoms with E-state index in [1.54, 1.807) is 12.3 Å². The molecule has 0 bridgehead atoms. The van der Waals surface area contributed by atoms with Crippen molar-refractivity contribution in [3.63, 3.8) is 0 Å². The number of carbonyl (C=O) groups is 2. The van der Waals surface area contributed by atoms with Crippen LogP contribution in [-0.2, 0) is 9.59 Å². The Morgan fingerprint density at radius 3 is 2.75 bits per heavy atom. The fourth-order valence-corrected chi connectivity index (χ4v) is 3.51. The van der Waals surface area contributed by atoms with Gasteiger partial charge >= 0.3 is 0 Å². The van der Waals surface area contributed by atoms with E-state index in [9.17, 15) is 9.59 Å². The van der Waals surface area contributed by atoms with E-state index < -0.39 is 4.87 Å². The summed E-state index contributed by atoms with van der Waals surface area (Å²) in [4.78, 5) is 24.8. The quantitative estimate of drug-likeness (QED) is 0.878. The maximum absolute atomic E-state index is 12.1. The number of thioether (sulfide) groups is 1. The number of nitrogens with zero attached hydrogens (tertiary/aromatic N) is 3. The van der Waals surface area contributed by atoms with Gasteiger partial charge in [0.15, 0.2) is 5.17 Å². The van der Waals surface area contributed by atoms with E-state index >= 15 is 0 Å². The van der Waals surface area contributed by atoms with E-state index in [0.717, 1.165) is 6.54 Å². The molecule has 1 N–H and O–H groups in total. The molecule has 0 saturated heterocycles. The summed E-state index contributed by atoms with van der Waals surface area (Å²) in [6.45, 7) is 3.63. The number of furan rings is 1. The highest BCUT2D eigenvalue weighted by Gasteiger charge is 2.44. The zero-order valence-corrected chi connectivity index (χ0v) is 15.1. The smallest absolute Gasteiger partial charge is 0.241 e. The molecule has 2 rings (SSSR count). The summed E-state index contributed by atoms with van der Waals surface area (Å²) >= 11 is 1.35. The Bertz CT molecular complexity index is 654. The number of hydrogen-bond donors (Lipinski definition) is 1. The average Bonchev–Trinajstić information content (AvgIpc) is 3.10. The molecule has 0 radical (unpaired) electrons. The fourth-order valence-electron chi connectivity index (χ4n) is 2.27. The number of carbonyl (C=O) groups excluding carboxylic acids is 2. The molecule has 1 aromatic rings. The zero-order valence-electron chi connectivity index (χ0n) is 14.3. The Hall–Kier alpha value is -2.06. The van der Waals surface area contributed by atoms with Crippen molar-refractivity contribution in [2.24, 2.45) is 5.10 Å². The minimum absolute atomic E-state index is 0.189. The van der Waals surface area contributed by atoms with E-state index in [1.807, 2.05) is 37.2 Å². The molecule has 0 aromatic carbocycles. The third kappa shape index (κ3) is 4.48. The van der Waals surface area contributed by atoms with Gasteiger partial charge in [0, 0.05) is 20.4 Å². The van der Waals surface area contributed by atoms with Gasteiger partial charge in [0.05, 0.1) is 6.26 Å². The summed E-state index contributed by atoms with van der Waals surface area (Å²) in [6, 6.07) is 3.64. The van der Waals surface area contributed by atoms with Gasteiger partial charge in [0.2, 0.25) is 11.8 Å². The summed E-state index contributed by atoms with van der Waals surface area (Å²) in [5, 5.41) is 8.80. The van der Waals surface area contributed by atoms with Crippen LogP contribution in [0.1, 0.15) is 26.0 Å². The van der Waals surface area contributed by atoms with Crippen molar-refractivity contribution >= 4 is 34.8 Å². The standard InChI is InChI=1S/C16H22N4O3S/c1-12(21)17-15-18-20(13(2)22)16(24-15,9-10-19(3)4)8-7-14-6-5-11-23-14/h5-8,11H,9-10H2,1-4H3,(H,17,18,21). The normalized spacial score (nSPS) is 20.7. The maximum atomic E-state index is 12.1. The van der Waals surface area contributed by atoms with Gasteiger partial charge in [-0.25, -0.2) is 5.01 Å². The molecule has 1 aromatic heterocycles. The van der Waals surface area contributed by atoms with E-state index in [1.165, 1.54) is 30.6 Å². The lowest BCUT2D eigenvalue weighted by Crippen LogP contribution is -2.43. The average molecular weight is 350 g/mol. The second kappa shape index (κ2) is 7.67. The second-order valence-electron chi connectivity index (χ2n) is 5.77. The lowest BCUT2D eigenvalue weighted by Gasteiger charge is -2.32. The van der Waals surface area contributed by atoms with Crippen LogP contribution >= 0.6 is 11.8 Å². The number of hydrazone groups is 1. The molecule has 8 heteroatoms. The number of hydrogen-bond acceptors (Lipinski definition) is 6. The molecule has 1 unspecified atom stereocenters. The molecule has 24 heavy (non-hydrogen) atoms. The SMILES string of the molecule is CC(=O)NC1=NN(C(C)=O)C(C=Cc2ccco2)(CCN(C)C)S1. The van der Waals surface area contributed by atoms with Crippen LogP contribution < -0.4 is 5.32 Å². The van der Waals surface area contributed by atoms with E-state index in [-0.39, 0.29) is 11.8 Å². The molecule has 0 aliphatic carbocycles. The molecule has 0 fully saturated rings. The van der Waals surface area contributed by atoms with Crippen LogP contribution in [-0.4, -0.2) is 52.4 Å². The third-order valence-electron chi connectivity index (χ3n) is 3.37. The molecule has 2 heterocycles. The molecule has 0 saturated carbocycles. The molecule has 1 atom stereocenters. The number of amidine groups is 1. The Kier molecular flexibility index (Phi) is 5.84. The van der Waals surface area contributed by atoms with Crippen molar-refractivity contribution in [3.05, 3.63) is 30.2 Å². The first-order chi connectivity index (χ1) is 11.3.